The van der Waals surface area contributed by atoms with Crippen molar-refractivity contribution in [3.63, 3.8) is 0 Å². The van der Waals surface area contributed by atoms with Crippen molar-refractivity contribution < 1.29 is 9.53 Å². The summed E-state index contributed by atoms with van der Waals surface area (Å²) in [7, 11) is 1.58. The van der Waals surface area contributed by atoms with E-state index in [0.717, 1.165) is 11.3 Å². The van der Waals surface area contributed by atoms with Crippen molar-refractivity contribution in [3.8, 4) is 11.8 Å². The molecule has 1 aromatic carbocycles. The minimum absolute atomic E-state index is 0.00818. The van der Waals surface area contributed by atoms with E-state index in [1.165, 1.54) is 6.33 Å². The van der Waals surface area contributed by atoms with Gasteiger partial charge in [-0.2, -0.15) is 15.3 Å². The summed E-state index contributed by atoms with van der Waals surface area (Å²) in [4.78, 5) is 19.2. The molecule has 0 saturated heterocycles. The van der Waals surface area contributed by atoms with Gasteiger partial charge in [0.2, 0.25) is 5.95 Å². The lowest BCUT2D eigenvalue weighted by Crippen LogP contribution is -2.42. The zero-order valence-electron chi connectivity index (χ0n) is 16.6. The van der Waals surface area contributed by atoms with Gasteiger partial charge < -0.3 is 10.5 Å². The van der Waals surface area contributed by atoms with Gasteiger partial charge in [-0.15, -0.1) is 0 Å². The number of ketones is 1. The maximum Gasteiger partial charge on any atom is 0.231 e. The predicted molar refractivity (Wildman–Crippen MR) is 106 cm³/mol. The summed E-state index contributed by atoms with van der Waals surface area (Å²) in [5.41, 5.74) is 8.68. The van der Waals surface area contributed by atoms with Gasteiger partial charge in [0.05, 0.1) is 24.7 Å². The second kappa shape index (κ2) is 6.78. The fraction of sp³-hybridized carbons (Fsp3) is 0.333. The number of aromatic amines is 1. The molecule has 1 aliphatic carbocycles. The Hall–Kier alpha value is -3.60. The Labute approximate surface area is 168 Å². The molecule has 2 heterocycles. The number of Topliss-reactive ketones (excluding diaryl/α,β-unsaturated/α-hetero) is 1. The SMILES string of the molecule is COc1cccc([C@@H]2C(C#N)=C(N)N(c3ncn[nH]3)C3=C2C(=O)CC(C)(C)C3)c1. The maximum atomic E-state index is 13.3. The fourth-order valence-corrected chi connectivity index (χ4v) is 4.21. The molecule has 2 aliphatic rings. The molecule has 0 spiro atoms. The van der Waals surface area contributed by atoms with E-state index in [2.05, 4.69) is 21.3 Å². The second-order valence-electron chi connectivity index (χ2n) is 8.07. The summed E-state index contributed by atoms with van der Waals surface area (Å²) in [5.74, 6) is 0.752. The highest BCUT2D eigenvalue weighted by Crippen LogP contribution is 2.49. The molecular weight excluding hydrogens is 368 g/mol. The molecule has 0 amide bonds. The predicted octanol–water partition coefficient (Wildman–Crippen LogP) is 2.75. The van der Waals surface area contributed by atoms with Crippen LogP contribution in [0.5, 0.6) is 5.75 Å². The van der Waals surface area contributed by atoms with E-state index in [-0.39, 0.29) is 17.0 Å². The van der Waals surface area contributed by atoms with Gasteiger partial charge in [-0.3, -0.25) is 9.69 Å². The third-order valence-corrected chi connectivity index (χ3v) is 5.42. The number of carbonyl (C=O) groups is 1. The Morgan fingerprint density at radius 2 is 2.17 bits per heavy atom. The Bertz CT molecular complexity index is 1070. The molecule has 29 heavy (non-hydrogen) atoms. The van der Waals surface area contributed by atoms with Gasteiger partial charge in [-0.1, -0.05) is 26.0 Å². The van der Waals surface area contributed by atoms with Gasteiger partial charge in [0, 0.05) is 17.7 Å². The average Bonchev–Trinajstić information content (AvgIpc) is 3.20. The highest BCUT2D eigenvalue weighted by atomic mass is 16.5. The van der Waals surface area contributed by atoms with Crippen molar-refractivity contribution >= 4 is 11.7 Å². The number of H-pyrrole nitrogens is 1. The van der Waals surface area contributed by atoms with Crippen LogP contribution in [0.2, 0.25) is 0 Å². The number of nitriles is 1. The second-order valence-corrected chi connectivity index (χ2v) is 8.07. The fourth-order valence-electron chi connectivity index (χ4n) is 4.21. The number of allylic oxidation sites excluding steroid dienone is 3. The number of aromatic nitrogens is 3. The molecule has 1 aromatic heterocycles. The molecule has 0 unspecified atom stereocenters. The molecule has 0 radical (unpaired) electrons. The standard InChI is InChI=1S/C21H22N6O2/c1-21(2)8-15-18(16(28)9-21)17(12-5-4-6-13(7-12)29-3)14(10-22)19(23)27(15)20-24-11-25-26-20/h4-7,11,17H,8-9,23H2,1-3H3,(H,24,25,26)/t17-/m1/s1. The molecule has 4 rings (SSSR count). The largest absolute Gasteiger partial charge is 0.497 e. The molecule has 3 N–H and O–H groups in total. The highest BCUT2D eigenvalue weighted by Gasteiger charge is 2.45. The van der Waals surface area contributed by atoms with E-state index in [1.807, 2.05) is 38.1 Å². The lowest BCUT2D eigenvalue weighted by molar-refractivity contribution is -0.118. The number of hydrogen-bond acceptors (Lipinski definition) is 7. The van der Waals surface area contributed by atoms with Crippen LogP contribution in [0.15, 0.2) is 53.3 Å². The van der Waals surface area contributed by atoms with Crippen molar-refractivity contribution in [2.45, 2.75) is 32.6 Å². The smallest absolute Gasteiger partial charge is 0.231 e. The number of rotatable bonds is 3. The molecule has 0 bridgehead atoms. The van der Waals surface area contributed by atoms with Crippen LogP contribution in [0.1, 0.15) is 38.2 Å². The van der Waals surface area contributed by atoms with Gasteiger partial charge in [0.15, 0.2) is 5.78 Å². The minimum Gasteiger partial charge on any atom is -0.497 e. The van der Waals surface area contributed by atoms with E-state index in [0.29, 0.717) is 35.7 Å². The van der Waals surface area contributed by atoms with Crippen LogP contribution in [0.25, 0.3) is 0 Å². The zero-order chi connectivity index (χ0) is 20.8. The zero-order valence-corrected chi connectivity index (χ0v) is 16.6. The van der Waals surface area contributed by atoms with Crippen LogP contribution in [0.3, 0.4) is 0 Å². The van der Waals surface area contributed by atoms with Gasteiger partial charge in [0.25, 0.3) is 0 Å². The molecular formula is C21H22N6O2. The Kier molecular flexibility index (Phi) is 4.38. The maximum absolute atomic E-state index is 13.3. The molecule has 8 nitrogen and oxygen atoms in total. The average molecular weight is 390 g/mol. The first-order valence-corrected chi connectivity index (χ1v) is 9.31. The molecule has 1 atom stereocenters. The summed E-state index contributed by atoms with van der Waals surface area (Å²) in [5, 5.41) is 16.7. The third-order valence-electron chi connectivity index (χ3n) is 5.42. The summed E-state index contributed by atoms with van der Waals surface area (Å²) in [6.45, 7) is 4.10. The molecule has 148 valence electrons. The number of nitrogens with two attached hydrogens (primary N) is 1. The quantitative estimate of drug-likeness (QED) is 0.826. The lowest BCUT2D eigenvalue weighted by Gasteiger charge is -2.42. The first kappa shape index (κ1) is 18.7. The summed E-state index contributed by atoms with van der Waals surface area (Å²) < 4.78 is 5.35. The number of anilines is 1. The molecule has 1 aliphatic heterocycles. The van der Waals surface area contributed by atoms with Crippen LogP contribution < -0.4 is 15.4 Å². The van der Waals surface area contributed by atoms with Crippen molar-refractivity contribution in [1.29, 1.82) is 5.26 Å². The van der Waals surface area contributed by atoms with Gasteiger partial charge in [-0.25, -0.2) is 5.10 Å². The van der Waals surface area contributed by atoms with Crippen LogP contribution in [0.4, 0.5) is 5.95 Å². The number of hydrogen-bond donors (Lipinski definition) is 2. The Morgan fingerprint density at radius 3 is 2.83 bits per heavy atom. The van der Waals surface area contributed by atoms with E-state index in [1.54, 1.807) is 12.0 Å². The van der Waals surface area contributed by atoms with Gasteiger partial charge in [-0.05, 0) is 29.5 Å². The van der Waals surface area contributed by atoms with Crippen molar-refractivity contribution in [3.05, 3.63) is 58.8 Å². The lowest BCUT2D eigenvalue weighted by atomic mass is 9.68. The molecule has 0 saturated carbocycles. The van der Waals surface area contributed by atoms with Crippen LogP contribution in [0, 0.1) is 16.7 Å². The van der Waals surface area contributed by atoms with Crippen molar-refractivity contribution in [2.75, 3.05) is 12.0 Å². The Balaban J connectivity index is 1.99. The number of nitrogens with zero attached hydrogens (tertiary/aromatic N) is 4. The number of benzene rings is 1. The highest BCUT2D eigenvalue weighted by molar-refractivity contribution is 6.01. The summed E-state index contributed by atoms with van der Waals surface area (Å²) in [6.07, 6.45) is 2.39. The number of nitrogens with one attached hydrogen (secondary N) is 1. The first-order chi connectivity index (χ1) is 13.9. The van der Waals surface area contributed by atoms with E-state index in [4.69, 9.17) is 10.5 Å². The topological polar surface area (TPSA) is 121 Å². The van der Waals surface area contributed by atoms with Gasteiger partial charge in [0.1, 0.15) is 17.9 Å². The number of ether oxygens (including phenoxy) is 1. The first-order valence-electron chi connectivity index (χ1n) is 9.31. The van der Waals surface area contributed by atoms with E-state index < -0.39 is 5.92 Å². The normalized spacial score (nSPS) is 21.1. The van der Waals surface area contributed by atoms with Gasteiger partial charge >= 0.3 is 0 Å². The Morgan fingerprint density at radius 1 is 1.38 bits per heavy atom. The van der Waals surface area contributed by atoms with E-state index in [9.17, 15) is 10.1 Å². The van der Waals surface area contributed by atoms with Crippen molar-refractivity contribution in [1.82, 2.24) is 15.2 Å². The minimum atomic E-state index is -0.548. The van der Waals surface area contributed by atoms with Crippen LogP contribution in [-0.4, -0.2) is 28.1 Å². The molecule has 2 aromatic rings. The molecule has 8 heteroatoms. The van der Waals surface area contributed by atoms with Crippen LogP contribution >= 0.6 is 0 Å². The third kappa shape index (κ3) is 3.05. The van der Waals surface area contributed by atoms with E-state index >= 15 is 0 Å². The number of methoxy groups -OCH3 is 1. The monoisotopic (exact) mass is 390 g/mol. The van der Waals surface area contributed by atoms with Crippen molar-refractivity contribution in [2.24, 2.45) is 11.1 Å². The number of carbonyl (C=O) groups excluding carboxylic acids is 1. The van der Waals surface area contributed by atoms with Crippen LogP contribution in [-0.2, 0) is 4.79 Å². The summed E-state index contributed by atoms with van der Waals surface area (Å²) in [6, 6.07) is 9.64. The summed E-state index contributed by atoms with van der Waals surface area (Å²) >= 11 is 0. The molecule has 0 fully saturated rings.